The molecule has 0 unspecified atom stereocenters. The number of carbonyl (C=O) groups is 1. The minimum Gasteiger partial charge on any atom is -0.381 e. The van der Waals surface area contributed by atoms with Gasteiger partial charge in [-0.25, -0.2) is 4.39 Å². The summed E-state index contributed by atoms with van der Waals surface area (Å²) < 4.78 is 18.7. The molecule has 132 valence electrons. The molecule has 1 aliphatic heterocycles. The maximum absolute atomic E-state index is 13.3. The van der Waals surface area contributed by atoms with E-state index in [0.717, 1.165) is 18.5 Å². The number of hydrogen-bond donors (Lipinski definition) is 0. The lowest BCUT2D eigenvalue weighted by Gasteiger charge is -2.31. The Morgan fingerprint density at radius 1 is 1.24 bits per heavy atom. The fourth-order valence-electron chi connectivity index (χ4n) is 3.23. The van der Waals surface area contributed by atoms with Crippen LogP contribution in [-0.4, -0.2) is 24.1 Å². The van der Waals surface area contributed by atoms with Crippen LogP contribution in [0.1, 0.15) is 25.5 Å². The van der Waals surface area contributed by atoms with Crippen LogP contribution in [-0.2, 0) is 16.1 Å². The van der Waals surface area contributed by atoms with Gasteiger partial charge in [-0.1, -0.05) is 13.0 Å². The Hall–Kier alpha value is -2.27. The van der Waals surface area contributed by atoms with E-state index in [2.05, 4.69) is 4.98 Å². The van der Waals surface area contributed by atoms with E-state index in [-0.39, 0.29) is 17.6 Å². The molecule has 1 aliphatic rings. The molecule has 1 saturated heterocycles. The number of aromatic nitrogens is 1. The largest absolute Gasteiger partial charge is 0.381 e. The molecule has 1 amide bonds. The quantitative estimate of drug-likeness (QED) is 0.830. The van der Waals surface area contributed by atoms with Gasteiger partial charge in [0.2, 0.25) is 5.91 Å². The first-order chi connectivity index (χ1) is 12.1. The monoisotopic (exact) mass is 342 g/mol. The van der Waals surface area contributed by atoms with Gasteiger partial charge in [-0.3, -0.25) is 9.78 Å². The first-order valence-corrected chi connectivity index (χ1v) is 8.70. The molecule has 25 heavy (non-hydrogen) atoms. The molecule has 4 nitrogen and oxygen atoms in total. The number of nitrogens with zero attached hydrogens (tertiary/aromatic N) is 2. The minimum atomic E-state index is -0.313. The second-order valence-corrected chi connectivity index (χ2v) is 6.46. The van der Waals surface area contributed by atoms with E-state index < -0.39 is 0 Å². The Morgan fingerprint density at radius 3 is 2.60 bits per heavy atom. The normalized spacial score (nSPS) is 16.4. The first kappa shape index (κ1) is 17.5. The van der Waals surface area contributed by atoms with Crippen LogP contribution in [0.2, 0.25) is 0 Å². The maximum Gasteiger partial charge on any atom is 0.230 e. The lowest BCUT2D eigenvalue weighted by Crippen LogP contribution is -2.39. The van der Waals surface area contributed by atoms with Crippen molar-refractivity contribution in [3.05, 3.63) is 60.2 Å². The van der Waals surface area contributed by atoms with Gasteiger partial charge < -0.3 is 9.64 Å². The smallest absolute Gasteiger partial charge is 0.230 e. The van der Waals surface area contributed by atoms with Gasteiger partial charge in [0.05, 0.1) is 12.2 Å². The van der Waals surface area contributed by atoms with Crippen LogP contribution in [0.5, 0.6) is 0 Å². The summed E-state index contributed by atoms with van der Waals surface area (Å²) in [5.74, 6) is -0.0683. The standard InChI is InChI=1S/C20H23FN2O2/c1-15(16-9-12-25-13-10-16)20(24)23(14-18-4-2-3-11-22-18)19-7-5-17(21)6-8-19/h2-8,11,15-16H,9-10,12-14H2,1H3/t15-/m1/s1. The molecule has 1 aromatic heterocycles. The number of carbonyl (C=O) groups excluding carboxylic acids is 1. The van der Waals surface area contributed by atoms with Crippen molar-refractivity contribution in [3.63, 3.8) is 0 Å². The fourth-order valence-corrected chi connectivity index (χ4v) is 3.23. The molecule has 1 aromatic carbocycles. The van der Waals surface area contributed by atoms with Crippen molar-refractivity contribution in [1.82, 2.24) is 4.98 Å². The van der Waals surface area contributed by atoms with Crippen molar-refractivity contribution in [3.8, 4) is 0 Å². The molecule has 0 spiro atoms. The first-order valence-electron chi connectivity index (χ1n) is 8.70. The van der Waals surface area contributed by atoms with Crippen LogP contribution in [0, 0.1) is 17.7 Å². The summed E-state index contributed by atoms with van der Waals surface area (Å²) in [6.45, 7) is 3.77. The SMILES string of the molecule is C[C@@H](C(=O)N(Cc1ccccn1)c1ccc(F)cc1)C1CCOCC1. The third-order valence-corrected chi connectivity index (χ3v) is 4.81. The highest BCUT2D eigenvalue weighted by Crippen LogP contribution is 2.28. The fraction of sp³-hybridized carbons (Fsp3) is 0.400. The summed E-state index contributed by atoms with van der Waals surface area (Å²) in [7, 11) is 0. The number of hydrogen-bond acceptors (Lipinski definition) is 3. The van der Waals surface area contributed by atoms with Crippen LogP contribution in [0.4, 0.5) is 10.1 Å². The molecule has 5 heteroatoms. The van der Waals surface area contributed by atoms with E-state index in [0.29, 0.717) is 31.4 Å². The van der Waals surface area contributed by atoms with E-state index in [1.807, 2.05) is 25.1 Å². The third-order valence-electron chi connectivity index (χ3n) is 4.81. The Bertz CT molecular complexity index is 685. The summed E-state index contributed by atoms with van der Waals surface area (Å²) in [6.07, 6.45) is 3.51. The Labute approximate surface area is 147 Å². The van der Waals surface area contributed by atoms with Gasteiger partial charge in [-0.15, -0.1) is 0 Å². The Balaban J connectivity index is 1.84. The summed E-state index contributed by atoms with van der Waals surface area (Å²) in [5, 5.41) is 0. The molecule has 1 fully saturated rings. The van der Waals surface area contributed by atoms with Crippen molar-refractivity contribution in [2.24, 2.45) is 11.8 Å². The van der Waals surface area contributed by atoms with Crippen molar-refractivity contribution in [1.29, 1.82) is 0 Å². The predicted octanol–water partition coefficient (Wildman–Crippen LogP) is 3.82. The van der Waals surface area contributed by atoms with Gasteiger partial charge in [0.15, 0.2) is 0 Å². The van der Waals surface area contributed by atoms with Crippen LogP contribution in [0.15, 0.2) is 48.7 Å². The molecular weight excluding hydrogens is 319 g/mol. The van der Waals surface area contributed by atoms with Crippen LogP contribution in [0.3, 0.4) is 0 Å². The summed E-state index contributed by atoms with van der Waals surface area (Å²) >= 11 is 0. The minimum absolute atomic E-state index is 0.0455. The Morgan fingerprint density at radius 2 is 1.96 bits per heavy atom. The number of anilines is 1. The third kappa shape index (κ3) is 4.42. The van der Waals surface area contributed by atoms with Crippen LogP contribution in [0.25, 0.3) is 0 Å². The molecule has 0 radical (unpaired) electrons. The van der Waals surface area contributed by atoms with Crippen LogP contribution >= 0.6 is 0 Å². The predicted molar refractivity (Wildman–Crippen MR) is 94.5 cm³/mol. The molecule has 0 N–H and O–H groups in total. The summed E-state index contributed by atoms with van der Waals surface area (Å²) in [4.78, 5) is 19.2. The van der Waals surface area contributed by atoms with Gasteiger partial charge in [-0.2, -0.15) is 0 Å². The summed E-state index contributed by atoms with van der Waals surface area (Å²) in [6, 6.07) is 11.7. The molecule has 0 bridgehead atoms. The average molecular weight is 342 g/mol. The Kier molecular flexibility index (Phi) is 5.76. The maximum atomic E-state index is 13.3. The highest BCUT2D eigenvalue weighted by atomic mass is 19.1. The lowest BCUT2D eigenvalue weighted by molar-refractivity contribution is -0.124. The molecule has 2 heterocycles. The van der Waals surface area contributed by atoms with Gasteiger partial charge in [0.25, 0.3) is 0 Å². The number of ether oxygens (including phenoxy) is 1. The molecule has 0 saturated carbocycles. The highest BCUT2D eigenvalue weighted by Gasteiger charge is 2.30. The van der Waals surface area contributed by atoms with Gasteiger partial charge in [-0.05, 0) is 55.2 Å². The van der Waals surface area contributed by atoms with Crippen LogP contribution < -0.4 is 4.90 Å². The number of amides is 1. The van der Waals surface area contributed by atoms with Crippen molar-refractivity contribution >= 4 is 11.6 Å². The number of pyridine rings is 1. The van der Waals surface area contributed by atoms with E-state index in [1.54, 1.807) is 23.2 Å². The van der Waals surface area contributed by atoms with E-state index in [4.69, 9.17) is 4.74 Å². The van der Waals surface area contributed by atoms with E-state index >= 15 is 0 Å². The second-order valence-electron chi connectivity index (χ2n) is 6.46. The lowest BCUT2D eigenvalue weighted by atomic mass is 9.86. The zero-order valence-corrected chi connectivity index (χ0v) is 14.4. The summed E-state index contributed by atoms with van der Waals surface area (Å²) in [5.41, 5.74) is 1.50. The van der Waals surface area contributed by atoms with E-state index in [1.165, 1.54) is 12.1 Å². The van der Waals surface area contributed by atoms with Crippen molar-refractivity contribution < 1.29 is 13.9 Å². The van der Waals surface area contributed by atoms with E-state index in [9.17, 15) is 9.18 Å². The molecule has 0 aliphatic carbocycles. The zero-order chi connectivity index (χ0) is 17.6. The number of rotatable bonds is 5. The average Bonchev–Trinajstić information content (AvgIpc) is 2.67. The topological polar surface area (TPSA) is 42.4 Å². The van der Waals surface area contributed by atoms with Crippen molar-refractivity contribution in [2.45, 2.75) is 26.3 Å². The van der Waals surface area contributed by atoms with Gasteiger partial charge >= 0.3 is 0 Å². The number of benzene rings is 1. The molecule has 3 rings (SSSR count). The number of halogens is 1. The molecule has 1 atom stereocenters. The van der Waals surface area contributed by atoms with Gasteiger partial charge in [0.1, 0.15) is 5.82 Å². The zero-order valence-electron chi connectivity index (χ0n) is 14.4. The second kappa shape index (κ2) is 8.21. The molecular formula is C20H23FN2O2. The highest BCUT2D eigenvalue weighted by molar-refractivity contribution is 5.94. The van der Waals surface area contributed by atoms with Crippen molar-refractivity contribution in [2.75, 3.05) is 18.1 Å². The molecule has 2 aromatic rings. The van der Waals surface area contributed by atoms with Gasteiger partial charge in [0, 0.05) is 31.0 Å².